The second-order valence-electron chi connectivity index (χ2n) is 5.12. The van der Waals surface area contributed by atoms with Gasteiger partial charge in [0.05, 0.1) is 12.8 Å². The summed E-state index contributed by atoms with van der Waals surface area (Å²) in [5.74, 6) is 1.53. The van der Waals surface area contributed by atoms with Crippen LogP contribution in [0, 0.1) is 6.92 Å². The number of para-hydroxylation sites is 2. The van der Waals surface area contributed by atoms with E-state index in [9.17, 15) is 4.79 Å². The minimum absolute atomic E-state index is 0.293. The summed E-state index contributed by atoms with van der Waals surface area (Å²) in [4.78, 5) is 20.9. The predicted octanol–water partition coefficient (Wildman–Crippen LogP) is 3.26. The number of carbonyl (C=O) groups is 1. The highest BCUT2D eigenvalue weighted by Crippen LogP contribution is 2.23. The maximum atomic E-state index is 12.4. The van der Waals surface area contributed by atoms with Crippen LogP contribution < -0.4 is 15.4 Å². The molecule has 0 aliphatic heterocycles. The number of aromatic nitrogens is 2. The smallest absolute Gasteiger partial charge is 0.274 e. The van der Waals surface area contributed by atoms with E-state index < -0.39 is 0 Å². The fraction of sp³-hybridized carbons (Fsp3) is 0.353. The molecule has 2 rings (SSSR count). The van der Waals surface area contributed by atoms with E-state index in [2.05, 4.69) is 27.5 Å². The van der Waals surface area contributed by atoms with Crippen LogP contribution >= 0.6 is 0 Å². The maximum absolute atomic E-state index is 12.4. The van der Waals surface area contributed by atoms with Gasteiger partial charge < -0.3 is 15.4 Å². The molecule has 0 aliphatic carbocycles. The van der Waals surface area contributed by atoms with Crippen molar-refractivity contribution in [2.45, 2.75) is 26.7 Å². The first-order valence-corrected chi connectivity index (χ1v) is 7.68. The Morgan fingerprint density at radius 3 is 2.78 bits per heavy atom. The van der Waals surface area contributed by atoms with Crippen molar-refractivity contribution in [3.63, 3.8) is 0 Å². The third-order valence-electron chi connectivity index (χ3n) is 3.26. The van der Waals surface area contributed by atoms with Gasteiger partial charge in [0.2, 0.25) is 0 Å². The zero-order valence-electron chi connectivity index (χ0n) is 13.7. The summed E-state index contributed by atoms with van der Waals surface area (Å²) in [6.45, 7) is 4.71. The van der Waals surface area contributed by atoms with E-state index in [1.807, 2.05) is 12.1 Å². The van der Waals surface area contributed by atoms with Gasteiger partial charge in [0, 0.05) is 12.6 Å². The Balaban J connectivity index is 2.15. The van der Waals surface area contributed by atoms with Gasteiger partial charge >= 0.3 is 0 Å². The minimum atomic E-state index is -0.293. The molecule has 1 aromatic heterocycles. The highest BCUT2D eigenvalue weighted by Gasteiger charge is 2.13. The molecule has 0 unspecified atom stereocenters. The van der Waals surface area contributed by atoms with Crippen LogP contribution in [0.2, 0.25) is 0 Å². The average Bonchev–Trinajstić information content (AvgIpc) is 2.55. The van der Waals surface area contributed by atoms with Crippen LogP contribution in [0.15, 0.2) is 30.3 Å². The van der Waals surface area contributed by atoms with E-state index in [0.29, 0.717) is 28.8 Å². The number of unbranched alkanes of at least 4 members (excludes halogenated alkanes) is 1. The summed E-state index contributed by atoms with van der Waals surface area (Å²) in [6, 6.07) is 8.91. The lowest BCUT2D eigenvalue weighted by atomic mass is 10.2. The molecule has 0 atom stereocenters. The van der Waals surface area contributed by atoms with Crippen molar-refractivity contribution in [3.8, 4) is 5.75 Å². The first kappa shape index (κ1) is 16.7. The lowest BCUT2D eigenvalue weighted by molar-refractivity contribution is 0.102. The monoisotopic (exact) mass is 314 g/mol. The van der Waals surface area contributed by atoms with E-state index in [0.717, 1.165) is 19.4 Å². The van der Waals surface area contributed by atoms with E-state index in [-0.39, 0.29) is 5.91 Å². The Morgan fingerprint density at radius 1 is 1.26 bits per heavy atom. The molecule has 1 aromatic carbocycles. The zero-order valence-corrected chi connectivity index (χ0v) is 13.7. The SMILES string of the molecule is CCCCNc1cc(C(=O)Nc2ccccc2OC)nc(C)n1. The molecule has 0 aliphatic rings. The normalized spacial score (nSPS) is 10.2. The fourth-order valence-electron chi connectivity index (χ4n) is 2.10. The van der Waals surface area contributed by atoms with Crippen molar-refractivity contribution < 1.29 is 9.53 Å². The van der Waals surface area contributed by atoms with Gasteiger partial charge in [0.15, 0.2) is 0 Å². The number of hydrogen-bond donors (Lipinski definition) is 2. The number of nitrogens with one attached hydrogen (secondary N) is 2. The number of methoxy groups -OCH3 is 1. The summed E-state index contributed by atoms with van der Waals surface area (Å²) >= 11 is 0. The number of hydrogen-bond acceptors (Lipinski definition) is 5. The van der Waals surface area contributed by atoms with Crippen molar-refractivity contribution in [3.05, 3.63) is 41.9 Å². The molecule has 0 radical (unpaired) electrons. The van der Waals surface area contributed by atoms with Gasteiger partial charge in [-0.15, -0.1) is 0 Å². The van der Waals surface area contributed by atoms with Crippen molar-refractivity contribution in [2.24, 2.45) is 0 Å². The van der Waals surface area contributed by atoms with Crippen molar-refractivity contribution >= 4 is 17.4 Å². The van der Waals surface area contributed by atoms with E-state index in [4.69, 9.17) is 4.74 Å². The molecule has 122 valence electrons. The molecule has 6 nitrogen and oxygen atoms in total. The summed E-state index contributed by atoms with van der Waals surface area (Å²) in [7, 11) is 1.57. The van der Waals surface area contributed by atoms with E-state index in [1.165, 1.54) is 0 Å². The molecule has 1 amide bonds. The third kappa shape index (κ3) is 4.67. The Bertz CT molecular complexity index is 673. The summed E-state index contributed by atoms with van der Waals surface area (Å²) < 4.78 is 5.24. The van der Waals surface area contributed by atoms with Gasteiger partial charge in [-0.2, -0.15) is 0 Å². The number of rotatable bonds is 7. The molecule has 0 spiro atoms. The molecular formula is C17H22N4O2. The molecule has 1 heterocycles. The van der Waals surface area contributed by atoms with Crippen LogP contribution in [0.1, 0.15) is 36.1 Å². The number of anilines is 2. The van der Waals surface area contributed by atoms with Crippen molar-refractivity contribution in [2.75, 3.05) is 24.3 Å². The van der Waals surface area contributed by atoms with Crippen LogP contribution in [0.3, 0.4) is 0 Å². The largest absolute Gasteiger partial charge is 0.495 e. The molecular weight excluding hydrogens is 292 g/mol. The number of nitrogens with zero attached hydrogens (tertiary/aromatic N) is 2. The molecule has 0 saturated heterocycles. The quantitative estimate of drug-likeness (QED) is 0.767. The van der Waals surface area contributed by atoms with Gasteiger partial charge in [-0.3, -0.25) is 4.79 Å². The van der Waals surface area contributed by atoms with E-state index >= 15 is 0 Å². The Kier molecular flexibility index (Phi) is 5.91. The molecule has 2 aromatic rings. The molecule has 0 bridgehead atoms. The van der Waals surface area contributed by atoms with Crippen LogP contribution in [0.5, 0.6) is 5.75 Å². The number of amides is 1. The van der Waals surface area contributed by atoms with Crippen LogP contribution in [0.25, 0.3) is 0 Å². The molecule has 0 fully saturated rings. The summed E-state index contributed by atoms with van der Waals surface area (Å²) in [5.41, 5.74) is 0.930. The average molecular weight is 314 g/mol. The number of ether oxygens (including phenoxy) is 1. The van der Waals surface area contributed by atoms with Crippen LogP contribution in [-0.4, -0.2) is 29.5 Å². The maximum Gasteiger partial charge on any atom is 0.274 e. The number of benzene rings is 1. The molecule has 6 heteroatoms. The Labute approximate surface area is 136 Å². The summed E-state index contributed by atoms with van der Waals surface area (Å²) in [6.07, 6.45) is 2.14. The fourth-order valence-corrected chi connectivity index (χ4v) is 2.10. The topological polar surface area (TPSA) is 76.1 Å². The Morgan fingerprint density at radius 2 is 2.04 bits per heavy atom. The molecule has 23 heavy (non-hydrogen) atoms. The number of carbonyl (C=O) groups excluding carboxylic acids is 1. The molecule has 0 saturated carbocycles. The first-order valence-electron chi connectivity index (χ1n) is 7.68. The van der Waals surface area contributed by atoms with Gasteiger partial charge in [-0.1, -0.05) is 25.5 Å². The highest BCUT2D eigenvalue weighted by atomic mass is 16.5. The predicted molar refractivity (Wildman–Crippen MR) is 91.1 cm³/mol. The lowest BCUT2D eigenvalue weighted by Crippen LogP contribution is -2.16. The van der Waals surface area contributed by atoms with Gasteiger partial charge in [0.1, 0.15) is 23.1 Å². The van der Waals surface area contributed by atoms with Crippen molar-refractivity contribution in [1.82, 2.24) is 9.97 Å². The lowest BCUT2D eigenvalue weighted by Gasteiger charge is -2.11. The Hall–Kier alpha value is -2.63. The van der Waals surface area contributed by atoms with Crippen molar-refractivity contribution in [1.29, 1.82) is 0 Å². The number of aryl methyl sites for hydroxylation is 1. The van der Waals surface area contributed by atoms with Gasteiger partial charge in [-0.25, -0.2) is 9.97 Å². The zero-order chi connectivity index (χ0) is 16.7. The molecule has 2 N–H and O–H groups in total. The summed E-state index contributed by atoms with van der Waals surface area (Å²) in [5, 5.41) is 6.03. The van der Waals surface area contributed by atoms with Crippen LogP contribution in [-0.2, 0) is 0 Å². The highest BCUT2D eigenvalue weighted by molar-refractivity contribution is 6.04. The second kappa shape index (κ2) is 8.12. The van der Waals surface area contributed by atoms with Crippen LogP contribution in [0.4, 0.5) is 11.5 Å². The third-order valence-corrected chi connectivity index (χ3v) is 3.26. The van der Waals surface area contributed by atoms with E-state index in [1.54, 1.807) is 32.2 Å². The van der Waals surface area contributed by atoms with Gasteiger partial charge in [-0.05, 0) is 25.5 Å². The second-order valence-corrected chi connectivity index (χ2v) is 5.12. The minimum Gasteiger partial charge on any atom is -0.495 e. The van der Waals surface area contributed by atoms with Gasteiger partial charge in [0.25, 0.3) is 5.91 Å². The standard InChI is InChI=1S/C17H22N4O2/c1-4-5-10-18-16-11-14(19-12(2)20-16)17(22)21-13-8-6-7-9-15(13)23-3/h6-9,11H,4-5,10H2,1-3H3,(H,21,22)(H,18,19,20). The first-order chi connectivity index (χ1) is 11.1.